The fraction of sp³-hybridized carbons (Fsp3) is 0.263. The maximum absolute atomic E-state index is 11.0. The van der Waals surface area contributed by atoms with Crippen LogP contribution >= 0.6 is 11.6 Å². The zero-order valence-corrected chi connectivity index (χ0v) is 14.6. The highest BCUT2D eigenvalue weighted by molar-refractivity contribution is 6.30. The molecule has 130 valence electrons. The summed E-state index contributed by atoms with van der Waals surface area (Å²) in [7, 11) is 0. The van der Waals surface area contributed by atoms with Crippen LogP contribution in [0.15, 0.2) is 54.6 Å². The van der Waals surface area contributed by atoms with Gasteiger partial charge >= 0.3 is 0 Å². The second-order valence-electron chi connectivity index (χ2n) is 5.99. The van der Waals surface area contributed by atoms with E-state index in [1.807, 2.05) is 36.4 Å². The number of nitrogens with zero attached hydrogens (tertiary/aromatic N) is 3. The minimum absolute atomic E-state index is 0.143. The third-order valence-corrected chi connectivity index (χ3v) is 4.58. The molecule has 0 bridgehead atoms. The van der Waals surface area contributed by atoms with E-state index in [1.54, 1.807) is 12.1 Å². The van der Waals surface area contributed by atoms with Crippen molar-refractivity contribution in [1.82, 2.24) is 4.90 Å². The van der Waals surface area contributed by atoms with E-state index >= 15 is 0 Å². The molecule has 25 heavy (non-hydrogen) atoms. The number of rotatable bonds is 5. The molecule has 0 amide bonds. The predicted molar refractivity (Wildman–Crippen MR) is 102 cm³/mol. The molecule has 1 fully saturated rings. The van der Waals surface area contributed by atoms with Crippen LogP contribution < -0.4 is 4.90 Å². The van der Waals surface area contributed by atoms with Crippen LogP contribution in [0.2, 0.25) is 5.02 Å². The largest absolute Gasteiger partial charge is 0.369 e. The van der Waals surface area contributed by atoms with Crippen molar-refractivity contribution in [3.05, 3.63) is 75.3 Å². The summed E-state index contributed by atoms with van der Waals surface area (Å²) in [6.45, 7) is 4.58. The van der Waals surface area contributed by atoms with E-state index in [9.17, 15) is 10.1 Å². The number of halogens is 1. The summed E-state index contributed by atoms with van der Waals surface area (Å²) in [5.41, 5.74) is 1.94. The molecule has 6 heteroatoms. The van der Waals surface area contributed by atoms with Crippen LogP contribution in [0.5, 0.6) is 0 Å². The smallest absolute Gasteiger partial charge is 0.276 e. The fourth-order valence-electron chi connectivity index (χ4n) is 2.98. The lowest BCUT2D eigenvalue weighted by molar-refractivity contribution is -0.385. The highest BCUT2D eigenvalue weighted by Crippen LogP contribution is 2.21. The average Bonchev–Trinajstić information content (AvgIpc) is 2.62. The van der Waals surface area contributed by atoms with Crippen LogP contribution in [0.3, 0.4) is 0 Å². The van der Waals surface area contributed by atoms with Crippen LogP contribution in [0.4, 0.5) is 11.4 Å². The zero-order chi connectivity index (χ0) is 17.6. The van der Waals surface area contributed by atoms with E-state index < -0.39 is 0 Å². The number of para-hydroxylation sites is 1. The number of hydrogen-bond donors (Lipinski definition) is 0. The summed E-state index contributed by atoms with van der Waals surface area (Å²) in [6, 6.07) is 14.7. The SMILES string of the molecule is O=[N+]([O-])c1ccccc1C=CCN1CCN(c2cccc(Cl)c2)CC1. The molecular weight excluding hydrogens is 338 g/mol. The normalized spacial score (nSPS) is 15.6. The van der Waals surface area contributed by atoms with E-state index in [0.717, 1.165) is 43.4 Å². The van der Waals surface area contributed by atoms with E-state index in [-0.39, 0.29) is 10.6 Å². The molecule has 0 aromatic heterocycles. The molecule has 1 heterocycles. The summed E-state index contributed by atoms with van der Waals surface area (Å²) < 4.78 is 0. The Morgan fingerprint density at radius 1 is 1.08 bits per heavy atom. The zero-order valence-electron chi connectivity index (χ0n) is 13.8. The molecule has 0 aliphatic carbocycles. The van der Waals surface area contributed by atoms with E-state index in [1.165, 1.54) is 6.07 Å². The van der Waals surface area contributed by atoms with Crippen LogP contribution in [-0.2, 0) is 0 Å². The van der Waals surface area contributed by atoms with Gasteiger partial charge in [-0.15, -0.1) is 0 Å². The second kappa shape index (κ2) is 8.14. The number of benzene rings is 2. The van der Waals surface area contributed by atoms with Crippen molar-refractivity contribution in [2.45, 2.75) is 0 Å². The molecule has 3 rings (SSSR count). The number of nitro groups is 1. The van der Waals surface area contributed by atoms with Crippen LogP contribution in [0, 0.1) is 10.1 Å². The first-order chi connectivity index (χ1) is 12.1. The van der Waals surface area contributed by atoms with Crippen molar-refractivity contribution in [1.29, 1.82) is 0 Å². The highest BCUT2D eigenvalue weighted by Gasteiger charge is 2.16. The molecule has 0 atom stereocenters. The molecule has 1 aliphatic heterocycles. The van der Waals surface area contributed by atoms with Crippen molar-refractivity contribution in [2.24, 2.45) is 0 Å². The first kappa shape index (κ1) is 17.5. The Bertz CT molecular complexity index is 771. The molecule has 0 spiro atoms. The van der Waals surface area contributed by atoms with Crippen LogP contribution in [0.25, 0.3) is 6.08 Å². The molecule has 5 nitrogen and oxygen atoms in total. The maximum Gasteiger partial charge on any atom is 0.276 e. The first-order valence-corrected chi connectivity index (χ1v) is 8.64. The number of piperazine rings is 1. The Hall–Kier alpha value is -2.37. The van der Waals surface area contributed by atoms with Gasteiger partial charge in [-0.25, -0.2) is 0 Å². The summed E-state index contributed by atoms with van der Waals surface area (Å²) in [5, 5.41) is 11.8. The van der Waals surface area contributed by atoms with Crippen molar-refractivity contribution in [3.63, 3.8) is 0 Å². The third kappa shape index (κ3) is 4.59. The lowest BCUT2D eigenvalue weighted by Crippen LogP contribution is -2.46. The summed E-state index contributed by atoms with van der Waals surface area (Å²) in [4.78, 5) is 15.4. The van der Waals surface area contributed by atoms with Gasteiger partial charge in [-0.2, -0.15) is 0 Å². The molecular formula is C19H20ClN3O2. The monoisotopic (exact) mass is 357 g/mol. The quantitative estimate of drug-likeness (QED) is 0.597. The summed E-state index contributed by atoms with van der Waals surface area (Å²) >= 11 is 6.06. The van der Waals surface area contributed by atoms with E-state index in [4.69, 9.17) is 11.6 Å². The van der Waals surface area contributed by atoms with Gasteiger partial charge in [-0.3, -0.25) is 15.0 Å². The van der Waals surface area contributed by atoms with Crippen LogP contribution in [-0.4, -0.2) is 42.5 Å². The molecule has 2 aromatic carbocycles. The van der Waals surface area contributed by atoms with E-state index in [0.29, 0.717) is 5.56 Å². The summed E-state index contributed by atoms with van der Waals surface area (Å²) in [5.74, 6) is 0. The lowest BCUT2D eigenvalue weighted by atomic mass is 10.1. The Morgan fingerprint density at radius 3 is 2.56 bits per heavy atom. The van der Waals surface area contributed by atoms with Gasteiger partial charge in [0.05, 0.1) is 10.5 Å². The molecule has 1 aliphatic rings. The minimum atomic E-state index is -0.344. The molecule has 0 N–H and O–H groups in total. The number of anilines is 1. The first-order valence-electron chi connectivity index (χ1n) is 8.26. The van der Waals surface area contributed by atoms with Gasteiger partial charge in [0.1, 0.15) is 0 Å². The molecule has 0 saturated carbocycles. The molecule has 0 radical (unpaired) electrons. The maximum atomic E-state index is 11.0. The van der Waals surface area contributed by atoms with Crippen molar-refractivity contribution in [3.8, 4) is 0 Å². The van der Waals surface area contributed by atoms with Gasteiger partial charge in [0.2, 0.25) is 0 Å². The van der Waals surface area contributed by atoms with Crippen LogP contribution in [0.1, 0.15) is 5.56 Å². The number of nitro benzene ring substituents is 1. The Morgan fingerprint density at radius 2 is 1.84 bits per heavy atom. The van der Waals surface area contributed by atoms with Gasteiger partial charge in [-0.1, -0.05) is 42.0 Å². The van der Waals surface area contributed by atoms with Gasteiger partial charge in [0.15, 0.2) is 0 Å². The van der Waals surface area contributed by atoms with Gasteiger partial charge < -0.3 is 4.90 Å². The lowest BCUT2D eigenvalue weighted by Gasteiger charge is -2.35. The predicted octanol–water partition coefficient (Wildman–Crippen LogP) is 4.08. The topological polar surface area (TPSA) is 49.6 Å². The van der Waals surface area contributed by atoms with Crippen molar-refractivity contribution >= 4 is 29.1 Å². The fourth-order valence-corrected chi connectivity index (χ4v) is 3.17. The minimum Gasteiger partial charge on any atom is -0.369 e. The van der Waals surface area contributed by atoms with Gasteiger partial charge in [0.25, 0.3) is 5.69 Å². The Balaban J connectivity index is 1.54. The van der Waals surface area contributed by atoms with Crippen molar-refractivity contribution < 1.29 is 4.92 Å². The van der Waals surface area contributed by atoms with Gasteiger partial charge in [0, 0.05) is 49.5 Å². The molecule has 2 aromatic rings. The number of hydrogen-bond acceptors (Lipinski definition) is 4. The Labute approximate surface area is 152 Å². The van der Waals surface area contributed by atoms with Gasteiger partial charge in [-0.05, 0) is 24.3 Å². The third-order valence-electron chi connectivity index (χ3n) is 4.34. The highest BCUT2D eigenvalue weighted by atomic mass is 35.5. The van der Waals surface area contributed by atoms with Crippen molar-refractivity contribution in [2.75, 3.05) is 37.6 Å². The Kier molecular flexibility index (Phi) is 5.68. The second-order valence-corrected chi connectivity index (χ2v) is 6.42. The van der Waals surface area contributed by atoms with E-state index in [2.05, 4.69) is 15.9 Å². The molecule has 0 unspecified atom stereocenters. The molecule has 1 saturated heterocycles. The standard InChI is InChI=1S/C19H20ClN3O2/c20-17-7-3-8-18(15-17)22-13-11-21(12-14-22)10-4-6-16-5-1-2-9-19(16)23(24)25/h1-9,15H,10-14H2. The summed E-state index contributed by atoms with van der Waals surface area (Å²) in [6.07, 6.45) is 3.83. The average molecular weight is 358 g/mol.